The molecule has 112 valence electrons. The molecule has 1 atom stereocenters. The van der Waals surface area contributed by atoms with Crippen LogP contribution in [-0.2, 0) is 0 Å². The van der Waals surface area contributed by atoms with Crippen molar-refractivity contribution >= 4 is 15.9 Å². The van der Waals surface area contributed by atoms with Crippen LogP contribution in [0.4, 0.5) is 4.39 Å². The Morgan fingerprint density at radius 1 is 1.19 bits per heavy atom. The average Bonchev–Trinajstić information content (AvgIpc) is 2.44. The second kappa shape index (κ2) is 7.02. The molecule has 3 nitrogen and oxygen atoms in total. The zero-order chi connectivity index (χ0) is 15.4. The number of ether oxygens (including phenoxy) is 1. The van der Waals surface area contributed by atoms with Crippen molar-refractivity contribution in [3.05, 3.63) is 63.9 Å². The van der Waals surface area contributed by atoms with Gasteiger partial charge in [0.25, 0.3) is 0 Å². The Labute approximate surface area is 132 Å². The zero-order valence-electron chi connectivity index (χ0n) is 11.9. The molecule has 0 spiro atoms. The minimum atomic E-state index is -0.345. The highest BCUT2D eigenvalue weighted by Crippen LogP contribution is 2.31. The van der Waals surface area contributed by atoms with E-state index in [1.165, 1.54) is 6.07 Å². The van der Waals surface area contributed by atoms with Gasteiger partial charge in [0.05, 0.1) is 16.6 Å². The van der Waals surface area contributed by atoms with Crippen molar-refractivity contribution in [2.75, 3.05) is 0 Å². The Hall–Kier alpha value is -1.43. The van der Waals surface area contributed by atoms with E-state index < -0.39 is 0 Å². The number of nitrogens with one attached hydrogen (secondary N) is 1. The Morgan fingerprint density at radius 2 is 1.90 bits per heavy atom. The standard InChI is InChI=1S/C16H18BrFN2O/c1-10(2)21-15-6-4-3-5-12(15)16(20-19)11-7-8-13(17)14(18)9-11/h3-10,16,20H,19H2,1-2H3. The molecule has 0 aliphatic carbocycles. The third kappa shape index (κ3) is 3.81. The van der Waals surface area contributed by atoms with E-state index in [-0.39, 0.29) is 18.0 Å². The lowest BCUT2D eigenvalue weighted by atomic mass is 9.98. The maximum Gasteiger partial charge on any atom is 0.137 e. The molecule has 21 heavy (non-hydrogen) atoms. The predicted octanol–water partition coefficient (Wildman–Crippen LogP) is 3.93. The summed E-state index contributed by atoms with van der Waals surface area (Å²) in [4.78, 5) is 0. The molecular formula is C16H18BrFN2O. The van der Waals surface area contributed by atoms with Crippen LogP contribution in [0.5, 0.6) is 5.75 Å². The van der Waals surface area contributed by atoms with Gasteiger partial charge in [0, 0.05) is 5.56 Å². The molecule has 2 aromatic carbocycles. The Balaban J connectivity index is 2.43. The van der Waals surface area contributed by atoms with Crippen LogP contribution in [0.3, 0.4) is 0 Å². The lowest BCUT2D eigenvalue weighted by Crippen LogP contribution is -2.29. The molecule has 5 heteroatoms. The Kier molecular flexibility index (Phi) is 5.33. The topological polar surface area (TPSA) is 47.3 Å². The van der Waals surface area contributed by atoms with E-state index in [9.17, 15) is 4.39 Å². The number of hydrogen-bond acceptors (Lipinski definition) is 3. The number of halogens is 2. The van der Waals surface area contributed by atoms with E-state index in [1.807, 2.05) is 44.2 Å². The lowest BCUT2D eigenvalue weighted by Gasteiger charge is -2.21. The molecule has 0 aromatic heterocycles. The molecule has 0 saturated carbocycles. The van der Waals surface area contributed by atoms with Gasteiger partial charge in [-0.25, -0.2) is 9.82 Å². The third-order valence-electron chi connectivity index (χ3n) is 3.04. The van der Waals surface area contributed by atoms with E-state index in [4.69, 9.17) is 10.6 Å². The number of hydrazine groups is 1. The minimum Gasteiger partial charge on any atom is -0.491 e. The molecule has 0 bridgehead atoms. The smallest absolute Gasteiger partial charge is 0.137 e. The van der Waals surface area contributed by atoms with Gasteiger partial charge in [-0.05, 0) is 53.5 Å². The van der Waals surface area contributed by atoms with Crippen LogP contribution in [0.15, 0.2) is 46.9 Å². The summed E-state index contributed by atoms with van der Waals surface area (Å²) in [6.45, 7) is 3.92. The quantitative estimate of drug-likeness (QED) is 0.633. The summed E-state index contributed by atoms with van der Waals surface area (Å²) in [6.07, 6.45) is 0.0474. The van der Waals surface area contributed by atoms with Gasteiger partial charge in [-0.15, -0.1) is 0 Å². The highest BCUT2D eigenvalue weighted by molar-refractivity contribution is 9.10. The second-order valence-electron chi connectivity index (χ2n) is 4.98. The van der Waals surface area contributed by atoms with Crippen molar-refractivity contribution < 1.29 is 9.13 Å². The number of rotatable bonds is 5. The van der Waals surface area contributed by atoms with Crippen LogP contribution in [-0.4, -0.2) is 6.10 Å². The summed E-state index contributed by atoms with van der Waals surface area (Å²) in [7, 11) is 0. The summed E-state index contributed by atoms with van der Waals surface area (Å²) in [5.41, 5.74) is 4.34. The highest BCUT2D eigenvalue weighted by Gasteiger charge is 2.18. The van der Waals surface area contributed by atoms with Gasteiger partial charge in [-0.3, -0.25) is 5.84 Å². The fourth-order valence-electron chi connectivity index (χ4n) is 2.14. The molecule has 1 unspecified atom stereocenters. The SMILES string of the molecule is CC(C)Oc1ccccc1C(NN)c1ccc(Br)c(F)c1. The second-order valence-corrected chi connectivity index (χ2v) is 5.83. The van der Waals surface area contributed by atoms with Crippen molar-refractivity contribution in [2.24, 2.45) is 5.84 Å². The summed E-state index contributed by atoms with van der Waals surface area (Å²) in [6, 6.07) is 12.2. The zero-order valence-corrected chi connectivity index (χ0v) is 13.5. The summed E-state index contributed by atoms with van der Waals surface area (Å²) >= 11 is 3.15. The highest BCUT2D eigenvalue weighted by atomic mass is 79.9. The van der Waals surface area contributed by atoms with E-state index in [0.29, 0.717) is 4.47 Å². The maximum absolute atomic E-state index is 13.8. The molecule has 0 radical (unpaired) electrons. The fraction of sp³-hybridized carbons (Fsp3) is 0.250. The first-order chi connectivity index (χ1) is 10.0. The molecule has 2 rings (SSSR count). The normalized spacial score (nSPS) is 12.5. The van der Waals surface area contributed by atoms with Gasteiger partial charge < -0.3 is 4.74 Å². The van der Waals surface area contributed by atoms with E-state index in [2.05, 4.69) is 21.4 Å². The van der Waals surface area contributed by atoms with Crippen LogP contribution >= 0.6 is 15.9 Å². The first-order valence-electron chi connectivity index (χ1n) is 6.69. The van der Waals surface area contributed by atoms with Crippen LogP contribution < -0.4 is 16.0 Å². The molecule has 0 aliphatic rings. The summed E-state index contributed by atoms with van der Waals surface area (Å²) < 4.78 is 20.0. The van der Waals surface area contributed by atoms with Crippen molar-refractivity contribution in [2.45, 2.75) is 26.0 Å². The molecule has 0 heterocycles. The molecule has 0 saturated heterocycles. The lowest BCUT2D eigenvalue weighted by molar-refractivity contribution is 0.238. The monoisotopic (exact) mass is 352 g/mol. The van der Waals surface area contributed by atoms with Crippen molar-refractivity contribution in [3.8, 4) is 5.75 Å². The van der Waals surface area contributed by atoms with Crippen LogP contribution in [0.25, 0.3) is 0 Å². The fourth-order valence-corrected chi connectivity index (χ4v) is 2.38. The first kappa shape index (κ1) is 15.9. The maximum atomic E-state index is 13.8. The average molecular weight is 353 g/mol. The minimum absolute atomic E-state index is 0.0474. The molecule has 0 amide bonds. The largest absolute Gasteiger partial charge is 0.491 e. The van der Waals surface area contributed by atoms with Gasteiger partial charge in [-0.2, -0.15) is 0 Å². The molecule has 0 aliphatic heterocycles. The van der Waals surface area contributed by atoms with Crippen LogP contribution in [0, 0.1) is 5.82 Å². The number of nitrogens with two attached hydrogens (primary N) is 1. The van der Waals surface area contributed by atoms with E-state index >= 15 is 0 Å². The molecule has 2 aromatic rings. The van der Waals surface area contributed by atoms with E-state index in [1.54, 1.807) is 6.07 Å². The predicted molar refractivity (Wildman–Crippen MR) is 85.5 cm³/mol. The molecule has 3 N–H and O–H groups in total. The number of hydrogen-bond donors (Lipinski definition) is 2. The van der Waals surface area contributed by atoms with Crippen molar-refractivity contribution in [1.29, 1.82) is 0 Å². The molecule has 0 fully saturated rings. The van der Waals surface area contributed by atoms with Crippen LogP contribution in [0.2, 0.25) is 0 Å². The van der Waals surface area contributed by atoms with Crippen LogP contribution in [0.1, 0.15) is 31.0 Å². The van der Waals surface area contributed by atoms with E-state index in [0.717, 1.165) is 16.9 Å². The van der Waals surface area contributed by atoms with Gasteiger partial charge in [0.2, 0.25) is 0 Å². The third-order valence-corrected chi connectivity index (χ3v) is 3.68. The number of benzene rings is 2. The number of para-hydroxylation sites is 1. The summed E-state index contributed by atoms with van der Waals surface area (Å²) in [5, 5.41) is 0. The van der Waals surface area contributed by atoms with Crippen molar-refractivity contribution in [1.82, 2.24) is 5.43 Å². The Bertz CT molecular complexity index is 619. The summed E-state index contributed by atoms with van der Waals surface area (Å²) in [5.74, 6) is 6.10. The molecular weight excluding hydrogens is 335 g/mol. The Morgan fingerprint density at radius 3 is 2.52 bits per heavy atom. The first-order valence-corrected chi connectivity index (χ1v) is 7.49. The van der Waals surface area contributed by atoms with Gasteiger partial charge >= 0.3 is 0 Å². The van der Waals surface area contributed by atoms with Crippen molar-refractivity contribution in [3.63, 3.8) is 0 Å². The van der Waals surface area contributed by atoms with Gasteiger partial charge in [0.15, 0.2) is 0 Å². The van der Waals surface area contributed by atoms with Gasteiger partial charge in [-0.1, -0.05) is 24.3 Å². The van der Waals surface area contributed by atoms with Gasteiger partial charge in [0.1, 0.15) is 11.6 Å².